The second-order valence-electron chi connectivity index (χ2n) is 5.59. The fourth-order valence-electron chi connectivity index (χ4n) is 2.43. The molecule has 1 N–H and O–H groups in total. The Morgan fingerprint density at radius 1 is 1.14 bits per heavy atom. The number of benzene rings is 1. The Morgan fingerprint density at radius 3 is 2.14 bits per heavy atom. The van der Waals surface area contributed by atoms with Crippen LogP contribution in [0.25, 0.3) is 0 Å². The summed E-state index contributed by atoms with van der Waals surface area (Å²) in [6.07, 6.45) is 1.65. The van der Waals surface area contributed by atoms with Crippen molar-refractivity contribution in [2.45, 2.75) is 45.4 Å². The fraction of sp³-hybridized carbons (Fsp3) is 0.625. The predicted octanol–water partition coefficient (Wildman–Crippen LogP) is 4.59. The second kappa shape index (κ2) is 8.70. The molecule has 0 saturated heterocycles. The van der Waals surface area contributed by atoms with Crippen LogP contribution in [0.3, 0.4) is 0 Å². The average Bonchev–Trinajstić information content (AvgIpc) is 2.51. The number of rotatable bonds is 9. The van der Waals surface area contributed by atoms with Crippen LogP contribution in [0.5, 0.6) is 0 Å². The molecule has 5 heteroatoms. The van der Waals surface area contributed by atoms with E-state index < -0.39 is 7.60 Å². The van der Waals surface area contributed by atoms with Crippen molar-refractivity contribution in [3.63, 3.8) is 0 Å². The van der Waals surface area contributed by atoms with Gasteiger partial charge in [0.05, 0.1) is 0 Å². The van der Waals surface area contributed by atoms with Crippen LogP contribution < -0.4 is 5.32 Å². The molecule has 0 aliphatic heterocycles. The summed E-state index contributed by atoms with van der Waals surface area (Å²) in [7, 11) is -0.249. The van der Waals surface area contributed by atoms with Gasteiger partial charge >= 0.3 is 7.60 Å². The van der Waals surface area contributed by atoms with Crippen molar-refractivity contribution in [3.05, 3.63) is 35.9 Å². The average molecular weight is 313 g/mol. The van der Waals surface area contributed by atoms with E-state index in [2.05, 4.69) is 38.2 Å². The van der Waals surface area contributed by atoms with E-state index in [1.54, 1.807) is 0 Å². The molecule has 0 spiro atoms. The first-order valence-corrected chi connectivity index (χ1v) is 9.10. The highest BCUT2D eigenvalue weighted by Crippen LogP contribution is 2.53. The van der Waals surface area contributed by atoms with Gasteiger partial charge < -0.3 is 9.05 Å². The van der Waals surface area contributed by atoms with Crippen molar-refractivity contribution < 1.29 is 13.6 Å². The first-order chi connectivity index (χ1) is 9.96. The van der Waals surface area contributed by atoms with Gasteiger partial charge in [-0.1, -0.05) is 51.1 Å². The Kier molecular flexibility index (Phi) is 7.61. The predicted molar refractivity (Wildman–Crippen MR) is 87.5 cm³/mol. The molecule has 1 aromatic rings. The first-order valence-electron chi connectivity index (χ1n) is 7.49. The van der Waals surface area contributed by atoms with Gasteiger partial charge in [0.25, 0.3) is 0 Å². The molecular weight excluding hydrogens is 285 g/mol. The largest absolute Gasteiger partial charge is 0.346 e. The molecule has 4 nitrogen and oxygen atoms in total. The lowest BCUT2D eigenvalue weighted by Gasteiger charge is -2.30. The van der Waals surface area contributed by atoms with E-state index in [0.29, 0.717) is 5.92 Å². The van der Waals surface area contributed by atoms with E-state index in [-0.39, 0.29) is 11.8 Å². The minimum Gasteiger partial charge on any atom is -0.311 e. The van der Waals surface area contributed by atoms with Crippen LogP contribution in [-0.2, 0) is 13.6 Å². The van der Waals surface area contributed by atoms with E-state index in [0.717, 1.165) is 12.8 Å². The molecule has 1 aromatic carbocycles. The SMILES string of the molecule is CC[C@H](N[C@@H](CC(C)C)P(=O)(OC)OC)c1ccccc1. The summed E-state index contributed by atoms with van der Waals surface area (Å²) >= 11 is 0. The topological polar surface area (TPSA) is 47.6 Å². The van der Waals surface area contributed by atoms with E-state index in [1.165, 1.54) is 19.8 Å². The van der Waals surface area contributed by atoms with Crippen molar-refractivity contribution in [3.8, 4) is 0 Å². The van der Waals surface area contributed by atoms with Gasteiger partial charge in [-0.2, -0.15) is 0 Å². The van der Waals surface area contributed by atoms with E-state index >= 15 is 0 Å². The molecule has 1 rings (SSSR count). The summed E-state index contributed by atoms with van der Waals surface area (Å²) < 4.78 is 23.2. The summed E-state index contributed by atoms with van der Waals surface area (Å²) in [6, 6.07) is 10.3. The van der Waals surface area contributed by atoms with Crippen molar-refractivity contribution in [2.75, 3.05) is 14.2 Å². The van der Waals surface area contributed by atoms with Gasteiger partial charge in [0, 0.05) is 20.3 Å². The summed E-state index contributed by atoms with van der Waals surface area (Å²) in [5.74, 6) is 0.0899. The molecule has 0 bridgehead atoms. The summed E-state index contributed by atoms with van der Waals surface area (Å²) in [4.78, 5) is 0. The van der Waals surface area contributed by atoms with Crippen LogP contribution >= 0.6 is 7.60 Å². The third kappa shape index (κ3) is 5.23. The highest BCUT2D eigenvalue weighted by atomic mass is 31.2. The van der Waals surface area contributed by atoms with Crippen molar-refractivity contribution in [1.82, 2.24) is 5.32 Å². The highest BCUT2D eigenvalue weighted by Gasteiger charge is 2.35. The van der Waals surface area contributed by atoms with Crippen molar-refractivity contribution in [1.29, 1.82) is 0 Å². The lowest BCUT2D eigenvalue weighted by Crippen LogP contribution is -2.34. The van der Waals surface area contributed by atoms with Gasteiger partial charge in [0.15, 0.2) is 0 Å². The minimum atomic E-state index is -3.14. The zero-order valence-corrected chi connectivity index (χ0v) is 14.6. The zero-order chi connectivity index (χ0) is 15.9. The summed E-state index contributed by atoms with van der Waals surface area (Å²) in [5.41, 5.74) is 1.19. The Bertz CT molecular complexity index is 442. The first kappa shape index (κ1) is 18.4. The molecule has 0 fully saturated rings. The van der Waals surface area contributed by atoms with Crippen LogP contribution in [-0.4, -0.2) is 20.0 Å². The standard InChI is InChI=1S/C16H28NO3P/c1-6-15(14-10-8-7-9-11-14)17-16(12-13(2)3)21(18,19-4)20-5/h7-11,13,15-17H,6,12H2,1-5H3/t15-,16+/m0/s1. The van der Waals surface area contributed by atoms with E-state index in [1.807, 2.05) is 18.2 Å². The Labute approximate surface area is 128 Å². The van der Waals surface area contributed by atoms with Gasteiger partial charge in [-0.15, -0.1) is 0 Å². The lowest BCUT2D eigenvalue weighted by molar-refractivity contribution is 0.247. The molecule has 0 unspecified atom stereocenters. The maximum absolute atomic E-state index is 12.8. The van der Waals surface area contributed by atoms with Gasteiger partial charge in [0.1, 0.15) is 5.78 Å². The second-order valence-corrected chi connectivity index (χ2v) is 8.02. The molecule has 0 heterocycles. The quantitative estimate of drug-likeness (QED) is 0.678. The molecule has 0 radical (unpaired) electrons. The Hall–Kier alpha value is -0.670. The fourth-order valence-corrected chi connectivity index (χ4v) is 4.13. The smallest absolute Gasteiger partial charge is 0.311 e. The summed E-state index contributed by atoms with van der Waals surface area (Å²) in [5, 5.41) is 3.48. The molecule has 120 valence electrons. The number of hydrogen-bond acceptors (Lipinski definition) is 4. The van der Waals surface area contributed by atoms with Crippen LogP contribution in [0.15, 0.2) is 30.3 Å². The van der Waals surface area contributed by atoms with E-state index in [9.17, 15) is 4.57 Å². The van der Waals surface area contributed by atoms with Crippen molar-refractivity contribution >= 4 is 7.60 Å². The van der Waals surface area contributed by atoms with Crippen LogP contribution in [0.4, 0.5) is 0 Å². The number of nitrogens with one attached hydrogen (secondary N) is 1. The molecule has 2 atom stereocenters. The maximum Gasteiger partial charge on any atom is 0.346 e. The van der Waals surface area contributed by atoms with Crippen molar-refractivity contribution in [2.24, 2.45) is 5.92 Å². The summed E-state index contributed by atoms with van der Waals surface area (Å²) in [6.45, 7) is 6.32. The Morgan fingerprint density at radius 2 is 1.71 bits per heavy atom. The maximum atomic E-state index is 12.8. The minimum absolute atomic E-state index is 0.133. The van der Waals surface area contributed by atoms with E-state index in [4.69, 9.17) is 9.05 Å². The normalized spacial score (nSPS) is 15.1. The molecule has 0 aliphatic carbocycles. The molecule has 0 aromatic heterocycles. The highest BCUT2D eigenvalue weighted by molar-refractivity contribution is 7.54. The molecule has 21 heavy (non-hydrogen) atoms. The third-order valence-corrected chi connectivity index (χ3v) is 5.73. The van der Waals surface area contributed by atoms with Gasteiger partial charge in [0.2, 0.25) is 0 Å². The van der Waals surface area contributed by atoms with Gasteiger partial charge in [-0.05, 0) is 24.3 Å². The van der Waals surface area contributed by atoms with Crippen LogP contribution in [0.2, 0.25) is 0 Å². The molecule has 0 aliphatic rings. The molecule has 0 amide bonds. The Balaban J connectivity index is 2.96. The molecular formula is C16H28NO3P. The van der Waals surface area contributed by atoms with Gasteiger partial charge in [-0.25, -0.2) is 0 Å². The third-order valence-electron chi connectivity index (χ3n) is 3.59. The molecule has 0 saturated carbocycles. The lowest BCUT2D eigenvalue weighted by atomic mass is 10.0. The van der Waals surface area contributed by atoms with Crippen LogP contribution in [0.1, 0.15) is 45.2 Å². The van der Waals surface area contributed by atoms with Crippen LogP contribution in [0, 0.1) is 5.92 Å². The number of hydrogen-bond donors (Lipinski definition) is 1. The monoisotopic (exact) mass is 313 g/mol. The van der Waals surface area contributed by atoms with Gasteiger partial charge in [-0.3, -0.25) is 9.88 Å². The zero-order valence-electron chi connectivity index (χ0n) is 13.7.